The Labute approximate surface area is 150 Å². The summed E-state index contributed by atoms with van der Waals surface area (Å²) in [4.78, 5) is 1.20. The van der Waals surface area contributed by atoms with E-state index in [9.17, 15) is 0 Å². The number of benzene rings is 1. The van der Waals surface area contributed by atoms with Crippen molar-refractivity contribution in [2.24, 2.45) is 0 Å². The summed E-state index contributed by atoms with van der Waals surface area (Å²) < 4.78 is 13.1. The van der Waals surface area contributed by atoms with E-state index in [1.807, 2.05) is 38.1 Å². The lowest BCUT2D eigenvalue weighted by atomic mass is 10.1. The predicted molar refractivity (Wildman–Crippen MR) is 96.6 cm³/mol. The summed E-state index contributed by atoms with van der Waals surface area (Å²) in [5, 5.41) is 0. The molecule has 0 fully saturated rings. The van der Waals surface area contributed by atoms with E-state index >= 15 is 0 Å². The molecule has 2 nitrogen and oxygen atoms in total. The zero-order valence-corrected chi connectivity index (χ0v) is 16.4. The normalized spacial score (nSPS) is 12.2. The summed E-state index contributed by atoms with van der Waals surface area (Å²) in [6.07, 6.45) is 0. The molecule has 2 rings (SSSR count). The first-order valence-electron chi connectivity index (χ1n) is 6.55. The van der Waals surface area contributed by atoms with E-state index in [2.05, 4.69) is 31.9 Å². The molecule has 0 saturated heterocycles. The molecule has 21 heavy (non-hydrogen) atoms. The Bertz CT molecular complexity index is 616. The van der Waals surface area contributed by atoms with E-state index in [1.54, 1.807) is 11.3 Å². The molecule has 6 heteroatoms. The second-order valence-corrected chi connectivity index (χ2v) is 7.71. The molecule has 0 aliphatic heterocycles. The van der Waals surface area contributed by atoms with Crippen molar-refractivity contribution in [2.45, 2.75) is 18.7 Å². The van der Waals surface area contributed by atoms with Crippen molar-refractivity contribution in [3.05, 3.63) is 43.5 Å². The van der Waals surface area contributed by atoms with Crippen LogP contribution >= 0.6 is 54.8 Å². The second kappa shape index (κ2) is 7.86. The van der Waals surface area contributed by atoms with Crippen LogP contribution in [0.4, 0.5) is 0 Å². The summed E-state index contributed by atoms with van der Waals surface area (Å²) >= 11 is 14.9. The predicted octanol–water partition coefficient (Wildman–Crippen LogP) is 6.45. The molecular formula is C15H15Br2ClO2S. The van der Waals surface area contributed by atoms with Crippen LogP contribution in [0.1, 0.15) is 29.1 Å². The number of ether oxygens (including phenoxy) is 2. The van der Waals surface area contributed by atoms with E-state index < -0.39 is 0 Å². The Morgan fingerprint density at radius 1 is 1.14 bits per heavy atom. The third-order valence-corrected chi connectivity index (χ3v) is 6.05. The van der Waals surface area contributed by atoms with Gasteiger partial charge in [0.1, 0.15) is 0 Å². The largest absolute Gasteiger partial charge is 0.490 e. The average molecular weight is 455 g/mol. The lowest BCUT2D eigenvalue weighted by molar-refractivity contribution is 0.287. The number of hydrogen-bond acceptors (Lipinski definition) is 3. The van der Waals surface area contributed by atoms with Gasteiger partial charge in [-0.05, 0) is 43.7 Å². The highest BCUT2D eigenvalue weighted by atomic mass is 79.9. The zero-order valence-electron chi connectivity index (χ0n) is 11.7. The van der Waals surface area contributed by atoms with Crippen LogP contribution in [0.2, 0.25) is 4.34 Å². The maximum Gasteiger partial charge on any atom is 0.162 e. The molecule has 0 saturated carbocycles. The van der Waals surface area contributed by atoms with Crippen LogP contribution in [0, 0.1) is 0 Å². The number of halogens is 3. The first kappa shape index (κ1) is 17.1. The van der Waals surface area contributed by atoms with Crippen LogP contribution in [0.5, 0.6) is 11.5 Å². The van der Waals surface area contributed by atoms with Crippen molar-refractivity contribution in [1.29, 1.82) is 0 Å². The maximum atomic E-state index is 6.02. The topological polar surface area (TPSA) is 18.5 Å². The molecule has 0 radical (unpaired) electrons. The molecule has 0 aliphatic rings. The molecule has 1 atom stereocenters. The lowest BCUT2D eigenvalue weighted by Crippen LogP contribution is -2.01. The fourth-order valence-corrected chi connectivity index (χ4v) is 4.63. The van der Waals surface area contributed by atoms with Crippen molar-refractivity contribution >= 4 is 54.8 Å². The molecule has 0 N–H and O–H groups in total. The highest BCUT2D eigenvalue weighted by molar-refractivity contribution is 9.11. The number of hydrogen-bond donors (Lipinski definition) is 0. The number of alkyl halides is 1. The van der Waals surface area contributed by atoms with E-state index in [-0.39, 0.29) is 4.83 Å². The Morgan fingerprint density at radius 3 is 2.29 bits per heavy atom. The van der Waals surface area contributed by atoms with Crippen molar-refractivity contribution in [3.63, 3.8) is 0 Å². The van der Waals surface area contributed by atoms with Crippen molar-refractivity contribution in [1.82, 2.24) is 0 Å². The minimum atomic E-state index is 0.0549. The minimum absolute atomic E-state index is 0.0549. The van der Waals surface area contributed by atoms with Gasteiger partial charge in [0.15, 0.2) is 11.5 Å². The van der Waals surface area contributed by atoms with E-state index in [0.29, 0.717) is 13.2 Å². The van der Waals surface area contributed by atoms with E-state index in [4.69, 9.17) is 21.1 Å². The van der Waals surface area contributed by atoms with Crippen molar-refractivity contribution < 1.29 is 9.47 Å². The average Bonchev–Trinajstić information content (AvgIpc) is 2.88. The third kappa shape index (κ3) is 4.15. The van der Waals surface area contributed by atoms with Gasteiger partial charge in [0.05, 0.1) is 22.4 Å². The summed E-state index contributed by atoms with van der Waals surface area (Å²) in [7, 11) is 0. The molecule has 1 unspecified atom stereocenters. The molecule has 2 aromatic rings. The van der Waals surface area contributed by atoms with E-state index in [1.165, 1.54) is 0 Å². The molecule has 114 valence electrons. The monoisotopic (exact) mass is 452 g/mol. The molecule has 0 aliphatic carbocycles. The van der Waals surface area contributed by atoms with Gasteiger partial charge in [-0.2, -0.15) is 0 Å². The smallest absolute Gasteiger partial charge is 0.162 e. The summed E-state index contributed by atoms with van der Waals surface area (Å²) in [6, 6.07) is 7.89. The van der Waals surface area contributed by atoms with Crippen molar-refractivity contribution in [3.8, 4) is 11.5 Å². The van der Waals surface area contributed by atoms with Gasteiger partial charge in [-0.25, -0.2) is 0 Å². The van der Waals surface area contributed by atoms with E-state index in [0.717, 1.165) is 30.7 Å². The fourth-order valence-electron chi connectivity index (χ4n) is 1.90. The van der Waals surface area contributed by atoms with Gasteiger partial charge in [0.25, 0.3) is 0 Å². The summed E-state index contributed by atoms with van der Waals surface area (Å²) in [5.74, 6) is 1.50. The maximum absolute atomic E-state index is 6.02. The Kier molecular flexibility index (Phi) is 6.41. The molecule has 0 bridgehead atoms. The third-order valence-electron chi connectivity index (χ3n) is 2.78. The highest BCUT2D eigenvalue weighted by Crippen LogP contribution is 2.43. The number of rotatable bonds is 6. The van der Waals surface area contributed by atoms with Crippen LogP contribution in [0.15, 0.2) is 28.7 Å². The van der Waals surface area contributed by atoms with Crippen LogP contribution in [-0.4, -0.2) is 13.2 Å². The molecule has 1 aromatic carbocycles. The lowest BCUT2D eigenvalue weighted by Gasteiger charge is -2.16. The first-order chi connectivity index (χ1) is 10.1. The van der Waals surface area contributed by atoms with Gasteiger partial charge in [0, 0.05) is 9.35 Å². The minimum Gasteiger partial charge on any atom is -0.490 e. The van der Waals surface area contributed by atoms with Gasteiger partial charge >= 0.3 is 0 Å². The number of thiophene rings is 1. The van der Waals surface area contributed by atoms with Crippen LogP contribution in [0.3, 0.4) is 0 Å². The first-order valence-corrected chi connectivity index (χ1v) is 9.45. The van der Waals surface area contributed by atoms with Gasteiger partial charge in [-0.15, -0.1) is 11.3 Å². The molecule has 1 aromatic heterocycles. The molecule has 0 amide bonds. The standard InChI is InChI=1S/C15H15Br2ClO2S/c1-3-19-11-7-9(10(16)8-12(11)20-4-2)15(17)13-5-6-14(18)21-13/h5-8,15H,3-4H2,1-2H3. The van der Waals surface area contributed by atoms with Gasteiger partial charge < -0.3 is 9.47 Å². The molecule has 0 spiro atoms. The summed E-state index contributed by atoms with van der Waals surface area (Å²) in [6.45, 7) is 5.11. The molecular weight excluding hydrogens is 439 g/mol. The van der Waals surface area contributed by atoms with Crippen molar-refractivity contribution in [2.75, 3.05) is 13.2 Å². The fraction of sp³-hybridized carbons (Fsp3) is 0.333. The van der Waals surface area contributed by atoms with Crippen LogP contribution < -0.4 is 9.47 Å². The van der Waals surface area contributed by atoms with Gasteiger partial charge in [-0.1, -0.05) is 43.5 Å². The Morgan fingerprint density at radius 2 is 1.76 bits per heavy atom. The van der Waals surface area contributed by atoms with Crippen LogP contribution in [-0.2, 0) is 0 Å². The molecule has 1 heterocycles. The zero-order chi connectivity index (χ0) is 15.4. The second-order valence-electron chi connectivity index (χ2n) is 4.19. The quantitative estimate of drug-likeness (QED) is 0.467. The SMILES string of the molecule is CCOc1cc(Br)c(C(Br)c2ccc(Cl)s2)cc1OCC. The Balaban J connectivity index is 2.40. The Hall–Kier alpha value is -0.230. The van der Waals surface area contributed by atoms with Crippen LogP contribution in [0.25, 0.3) is 0 Å². The highest BCUT2D eigenvalue weighted by Gasteiger charge is 2.19. The van der Waals surface area contributed by atoms with Gasteiger partial charge in [-0.3, -0.25) is 0 Å². The van der Waals surface area contributed by atoms with Gasteiger partial charge in [0.2, 0.25) is 0 Å². The summed E-state index contributed by atoms with van der Waals surface area (Å²) in [5.41, 5.74) is 1.08.